The van der Waals surface area contributed by atoms with Crippen LogP contribution in [0.1, 0.15) is 21.6 Å². The van der Waals surface area contributed by atoms with E-state index in [0.717, 1.165) is 12.3 Å². The second kappa shape index (κ2) is 4.58. The number of nitrogens with zero attached hydrogens (tertiary/aromatic N) is 3. The lowest BCUT2D eigenvalue weighted by atomic mass is 10.2. The van der Waals surface area contributed by atoms with Gasteiger partial charge in [0.2, 0.25) is 0 Å². The SMILES string of the molecule is Cc1cc(F)cnc1-n1ncc(C(N)=O)c1C(F)(F)F. The van der Waals surface area contributed by atoms with Crippen molar-refractivity contribution in [2.75, 3.05) is 0 Å². The first-order valence-electron chi connectivity index (χ1n) is 5.29. The number of amides is 1. The Kier molecular flexibility index (Phi) is 3.20. The van der Waals surface area contributed by atoms with Gasteiger partial charge in [-0.25, -0.2) is 14.1 Å². The third-order valence-corrected chi connectivity index (χ3v) is 2.52. The molecule has 2 rings (SSSR count). The van der Waals surface area contributed by atoms with Gasteiger partial charge in [0.05, 0.1) is 18.0 Å². The van der Waals surface area contributed by atoms with Crippen molar-refractivity contribution in [3.63, 3.8) is 0 Å². The Labute approximate surface area is 110 Å². The Morgan fingerprint density at radius 1 is 1.35 bits per heavy atom. The minimum Gasteiger partial charge on any atom is -0.365 e. The molecule has 106 valence electrons. The summed E-state index contributed by atoms with van der Waals surface area (Å²) in [5.41, 5.74) is 2.91. The van der Waals surface area contributed by atoms with Crippen LogP contribution in [0, 0.1) is 12.7 Å². The fourth-order valence-corrected chi connectivity index (χ4v) is 1.72. The van der Waals surface area contributed by atoms with Gasteiger partial charge in [-0.15, -0.1) is 0 Å². The van der Waals surface area contributed by atoms with Crippen molar-refractivity contribution in [2.45, 2.75) is 13.1 Å². The molecule has 0 bridgehead atoms. The summed E-state index contributed by atoms with van der Waals surface area (Å²) >= 11 is 0. The number of primary amides is 1. The Morgan fingerprint density at radius 3 is 2.50 bits per heavy atom. The molecule has 0 aromatic carbocycles. The maximum Gasteiger partial charge on any atom is 0.434 e. The minimum atomic E-state index is -4.86. The molecule has 2 aromatic rings. The maximum absolute atomic E-state index is 13.0. The second-order valence-electron chi connectivity index (χ2n) is 3.97. The molecule has 0 aliphatic carbocycles. The van der Waals surface area contributed by atoms with E-state index in [2.05, 4.69) is 10.1 Å². The molecule has 0 unspecified atom stereocenters. The number of pyridine rings is 1. The number of hydrogen-bond donors (Lipinski definition) is 1. The van der Waals surface area contributed by atoms with E-state index in [0.29, 0.717) is 10.9 Å². The predicted molar refractivity (Wildman–Crippen MR) is 59.6 cm³/mol. The Morgan fingerprint density at radius 2 is 2.00 bits per heavy atom. The molecule has 9 heteroatoms. The highest BCUT2D eigenvalue weighted by Gasteiger charge is 2.40. The average molecular weight is 288 g/mol. The summed E-state index contributed by atoms with van der Waals surface area (Å²) in [6, 6.07) is 1.01. The topological polar surface area (TPSA) is 73.8 Å². The van der Waals surface area contributed by atoms with Gasteiger partial charge in [0.15, 0.2) is 11.5 Å². The summed E-state index contributed by atoms with van der Waals surface area (Å²) < 4.78 is 52.5. The van der Waals surface area contributed by atoms with Crippen LogP contribution in [0.25, 0.3) is 5.82 Å². The fourth-order valence-electron chi connectivity index (χ4n) is 1.72. The molecule has 0 saturated heterocycles. The monoisotopic (exact) mass is 288 g/mol. The van der Waals surface area contributed by atoms with Crippen LogP contribution in [0.15, 0.2) is 18.5 Å². The summed E-state index contributed by atoms with van der Waals surface area (Å²) in [6.07, 6.45) is -3.40. The molecule has 2 aromatic heterocycles. The van der Waals surface area contributed by atoms with Crippen molar-refractivity contribution in [1.82, 2.24) is 14.8 Å². The van der Waals surface area contributed by atoms with Crippen LogP contribution >= 0.6 is 0 Å². The Bertz CT molecular complexity index is 678. The summed E-state index contributed by atoms with van der Waals surface area (Å²) in [7, 11) is 0. The van der Waals surface area contributed by atoms with E-state index in [1.54, 1.807) is 0 Å². The first-order valence-corrected chi connectivity index (χ1v) is 5.29. The second-order valence-corrected chi connectivity index (χ2v) is 3.97. The molecule has 0 radical (unpaired) electrons. The lowest BCUT2D eigenvalue weighted by Crippen LogP contribution is -2.21. The van der Waals surface area contributed by atoms with Crippen LogP contribution in [0.3, 0.4) is 0 Å². The van der Waals surface area contributed by atoms with E-state index in [1.165, 1.54) is 6.92 Å². The molecule has 0 fully saturated rings. The standard InChI is InChI=1S/C11H8F4N4O/c1-5-2-6(12)3-17-10(5)19-8(11(13,14)15)7(4-18-19)9(16)20/h2-4H,1H3,(H2,16,20). The highest BCUT2D eigenvalue weighted by Crippen LogP contribution is 2.33. The molecule has 20 heavy (non-hydrogen) atoms. The number of nitrogens with two attached hydrogens (primary N) is 1. The summed E-state index contributed by atoms with van der Waals surface area (Å²) in [5.74, 6) is -2.18. The summed E-state index contributed by atoms with van der Waals surface area (Å²) in [5, 5.41) is 3.48. The molecule has 0 atom stereocenters. The average Bonchev–Trinajstić information content (AvgIpc) is 2.73. The number of halogens is 4. The van der Waals surface area contributed by atoms with Gasteiger partial charge in [0.25, 0.3) is 5.91 Å². The zero-order chi connectivity index (χ0) is 15.1. The minimum absolute atomic E-state index is 0.134. The third-order valence-electron chi connectivity index (χ3n) is 2.52. The van der Waals surface area contributed by atoms with Gasteiger partial charge in [0.1, 0.15) is 5.82 Å². The van der Waals surface area contributed by atoms with Crippen molar-refractivity contribution >= 4 is 5.91 Å². The Balaban J connectivity index is 2.72. The van der Waals surface area contributed by atoms with Crippen LogP contribution in [0.5, 0.6) is 0 Å². The fraction of sp³-hybridized carbons (Fsp3) is 0.182. The van der Waals surface area contributed by atoms with Gasteiger partial charge in [-0.1, -0.05) is 0 Å². The highest BCUT2D eigenvalue weighted by molar-refractivity contribution is 5.94. The van der Waals surface area contributed by atoms with Gasteiger partial charge >= 0.3 is 6.18 Å². The van der Waals surface area contributed by atoms with Crippen LogP contribution in [-0.4, -0.2) is 20.7 Å². The molecule has 2 N–H and O–H groups in total. The quantitative estimate of drug-likeness (QED) is 0.857. The number of carbonyl (C=O) groups is 1. The van der Waals surface area contributed by atoms with Crippen molar-refractivity contribution < 1.29 is 22.4 Å². The summed E-state index contributed by atoms with van der Waals surface area (Å²) in [4.78, 5) is 14.6. The van der Waals surface area contributed by atoms with E-state index in [1.807, 2.05) is 0 Å². The zero-order valence-electron chi connectivity index (χ0n) is 10.1. The number of hydrogen-bond acceptors (Lipinski definition) is 3. The largest absolute Gasteiger partial charge is 0.434 e. The molecule has 5 nitrogen and oxygen atoms in total. The van der Waals surface area contributed by atoms with Gasteiger partial charge in [0, 0.05) is 0 Å². The van der Waals surface area contributed by atoms with E-state index < -0.39 is 29.2 Å². The first kappa shape index (κ1) is 14.0. The smallest absolute Gasteiger partial charge is 0.365 e. The van der Waals surface area contributed by atoms with Crippen LogP contribution in [0.2, 0.25) is 0 Å². The van der Waals surface area contributed by atoms with E-state index >= 15 is 0 Å². The number of aromatic nitrogens is 3. The van der Waals surface area contributed by atoms with Crippen molar-refractivity contribution in [3.05, 3.63) is 41.1 Å². The van der Waals surface area contributed by atoms with Gasteiger partial charge in [-0.2, -0.15) is 18.3 Å². The number of aryl methyl sites for hydroxylation is 1. The van der Waals surface area contributed by atoms with Crippen molar-refractivity contribution in [2.24, 2.45) is 5.73 Å². The number of carbonyl (C=O) groups excluding carboxylic acids is 1. The third kappa shape index (κ3) is 2.33. The molecule has 0 spiro atoms. The van der Waals surface area contributed by atoms with E-state index in [-0.39, 0.29) is 11.4 Å². The van der Waals surface area contributed by atoms with Crippen LogP contribution in [-0.2, 0) is 6.18 Å². The normalized spacial score (nSPS) is 11.7. The maximum atomic E-state index is 13.0. The highest BCUT2D eigenvalue weighted by atomic mass is 19.4. The van der Waals surface area contributed by atoms with Crippen LogP contribution < -0.4 is 5.73 Å². The molecule has 1 amide bonds. The molecule has 0 saturated carbocycles. The van der Waals surface area contributed by atoms with Crippen molar-refractivity contribution in [1.29, 1.82) is 0 Å². The van der Waals surface area contributed by atoms with E-state index in [4.69, 9.17) is 5.73 Å². The predicted octanol–water partition coefficient (Wildman–Crippen LogP) is 1.83. The van der Waals surface area contributed by atoms with Crippen molar-refractivity contribution in [3.8, 4) is 5.82 Å². The number of rotatable bonds is 2. The molecule has 0 aliphatic heterocycles. The van der Waals surface area contributed by atoms with Gasteiger partial charge in [-0.3, -0.25) is 4.79 Å². The Hall–Kier alpha value is -2.45. The van der Waals surface area contributed by atoms with E-state index in [9.17, 15) is 22.4 Å². The molecular weight excluding hydrogens is 280 g/mol. The van der Waals surface area contributed by atoms with Crippen LogP contribution in [0.4, 0.5) is 17.6 Å². The first-order chi connectivity index (χ1) is 9.21. The zero-order valence-corrected chi connectivity index (χ0v) is 10.1. The molecular formula is C11H8F4N4O. The number of alkyl halides is 3. The lowest BCUT2D eigenvalue weighted by Gasteiger charge is -2.12. The van der Waals surface area contributed by atoms with Gasteiger partial charge in [-0.05, 0) is 18.6 Å². The molecule has 2 heterocycles. The summed E-state index contributed by atoms with van der Waals surface area (Å²) in [6.45, 7) is 1.37. The lowest BCUT2D eigenvalue weighted by molar-refractivity contribution is -0.143. The van der Waals surface area contributed by atoms with Gasteiger partial charge < -0.3 is 5.73 Å². The molecule has 0 aliphatic rings.